The van der Waals surface area contributed by atoms with Gasteiger partial charge in [0.05, 0.1) is 5.56 Å². The van der Waals surface area contributed by atoms with Crippen molar-refractivity contribution in [2.24, 2.45) is 0 Å². The predicted octanol–water partition coefficient (Wildman–Crippen LogP) is 4.93. The number of anilines is 2. The maximum Gasteiger partial charge on any atom is 0.338 e. The van der Waals surface area contributed by atoms with E-state index in [0.29, 0.717) is 17.2 Å². The number of carboxylic acids is 1. The number of urea groups is 1. The molecule has 0 spiro atoms. The Labute approximate surface area is 194 Å². The summed E-state index contributed by atoms with van der Waals surface area (Å²) >= 11 is 1.24. The van der Waals surface area contributed by atoms with E-state index in [2.05, 4.69) is 20.9 Å². The molecule has 0 atom stereocenters. The fourth-order valence-electron chi connectivity index (χ4n) is 2.75. The fraction of sp³-hybridized carbons (Fsp3) is 0.217. The second kappa shape index (κ2) is 9.70. The highest BCUT2D eigenvalue weighted by molar-refractivity contribution is 7.16. The molecule has 3 aromatic rings. The third kappa shape index (κ3) is 6.07. The van der Waals surface area contributed by atoms with Gasteiger partial charge in [0.15, 0.2) is 0 Å². The van der Waals surface area contributed by atoms with E-state index in [4.69, 9.17) is 4.74 Å². The lowest BCUT2D eigenvalue weighted by molar-refractivity contribution is 0.0698. The first-order valence-corrected chi connectivity index (χ1v) is 10.8. The number of carboxylic acid groups (broad SMARTS) is 1. The average molecular weight is 469 g/mol. The number of ether oxygens (including phenoxy) is 1. The molecule has 0 saturated heterocycles. The van der Waals surface area contributed by atoms with Gasteiger partial charge in [0.25, 0.3) is 5.91 Å². The second-order valence-electron chi connectivity index (χ2n) is 8.07. The fourth-order valence-corrected chi connectivity index (χ4v) is 3.85. The number of nitrogens with zero attached hydrogens (tertiary/aromatic N) is 1. The van der Waals surface area contributed by atoms with Crippen LogP contribution in [0.5, 0.6) is 11.5 Å². The zero-order chi connectivity index (χ0) is 24.2. The molecule has 3 rings (SSSR count). The summed E-state index contributed by atoms with van der Waals surface area (Å²) in [5, 5.41) is 17.5. The van der Waals surface area contributed by atoms with Crippen molar-refractivity contribution in [3.05, 3.63) is 64.8 Å². The van der Waals surface area contributed by atoms with E-state index in [9.17, 15) is 19.5 Å². The molecule has 0 unspecified atom stereocenters. The number of aromatic carboxylic acids is 1. The van der Waals surface area contributed by atoms with Gasteiger partial charge in [0.1, 0.15) is 22.2 Å². The Balaban J connectivity index is 1.66. The number of thiophene rings is 1. The number of carbonyl (C=O) groups is 3. The molecule has 1 aromatic carbocycles. The third-order valence-corrected chi connectivity index (χ3v) is 5.94. The van der Waals surface area contributed by atoms with Crippen molar-refractivity contribution in [2.75, 3.05) is 17.7 Å². The van der Waals surface area contributed by atoms with Crippen LogP contribution in [0.4, 0.5) is 15.5 Å². The molecule has 3 amide bonds. The molecule has 0 fully saturated rings. The minimum absolute atomic E-state index is 0.0531. The topological polar surface area (TPSA) is 130 Å². The van der Waals surface area contributed by atoms with Gasteiger partial charge in [-0.1, -0.05) is 20.8 Å². The van der Waals surface area contributed by atoms with Crippen molar-refractivity contribution in [1.82, 2.24) is 10.3 Å². The Morgan fingerprint density at radius 2 is 1.70 bits per heavy atom. The summed E-state index contributed by atoms with van der Waals surface area (Å²) < 4.78 is 5.73. The SMILES string of the molecule is CNC(=O)c1cc(Oc2ccc(NC(=O)Nc3sc(C(C)(C)C)cc3C(=O)O)cc2)ccn1. The van der Waals surface area contributed by atoms with E-state index in [1.54, 1.807) is 36.4 Å². The number of aromatic nitrogens is 1. The lowest BCUT2D eigenvalue weighted by Gasteiger charge is -2.15. The normalized spacial score (nSPS) is 10.9. The van der Waals surface area contributed by atoms with Gasteiger partial charge in [0, 0.05) is 29.9 Å². The van der Waals surface area contributed by atoms with Crippen LogP contribution >= 0.6 is 11.3 Å². The predicted molar refractivity (Wildman–Crippen MR) is 127 cm³/mol. The van der Waals surface area contributed by atoms with Gasteiger partial charge in [-0.15, -0.1) is 11.3 Å². The molecule has 0 aliphatic heterocycles. The molecule has 0 radical (unpaired) electrons. The summed E-state index contributed by atoms with van der Waals surface area (Å²) in [5.74, 6) is -0.487. The molecule has 172 valence electrons. The van der Waals surface area contributed by atoms with Crippen LogP contribution in [0.25, 0.3) is 0 Å². The quantitative estimate of drug-likeness (QED) is 0.406. The Morgan fingerprint density at radius 1 is 1.00 bits per heavy atom. The maximum atomic E-state index is 12.4. The monoisotopic (exact) mass is 468 g/mol. The van der Waals surface area contributed by atoms with E-state index in [-0.39, 0.29) is 27.6 Å². The highest BCUT2D eigenvalue weighted by Crippen LogP contribution is 2.36. The number of nitrogens with one attached hydrogen (secondary N) is 3. The van der Waals surface area contributed by atoms with Gasteiger partial charge in [-0.25, -0.2) is 9.59 Å². The molecule has 33 heavy (non-hydrogen) atoms. The molecule has 0 saturated carbocycles. The number of hydrogen-bond donors (Lipinski definition) is 4. The lowest BCUT2D eigenvalue weighted by Crippen LogP contribution is -2.20. The zero-order valence-electron chi connectivity index (χ0n) is 18.6. The first kappa shape index (κ1) is 23.7. The first-order valence-electron chi connectivity index (χ1n) is 9.98. The lowest BCUT2D eigenvalue weighted by atomic mass is 9.94. The number of carbonyl (C=O) groups excluding carboxylic acids is 2. The molecular weight excluding hydrogens is 444 g/mol. The summed E-state index contributed by atoms with van der Waals surface area (Å²) in [6.45, 7) is 5.93. The first-order chi connectivity index (χ1) is 15.6. The highest BCUT2D eigenvalue weighted by atomic mass is 32.1. The minimum atomic E-state index is -1.10. The van der Waals surface area contributed by atoms with E-state index in [0.717, 1.165) is 4.88 Å². The maximum absolute atomic E-state index is 12.4. The smallest absolute Gasteiger partial charge is 0.338 e. The third-order valence-electron chi connectivity index (χ3n) is 4.47. The van der Waals surface area contributed by atoms with Crippen LogP contribution in [-0.2, 0) is 5.41 Å². The Bertz CT molecular complexity index is 1180. The molecule has 9 nitrogen and oxygen atoms in total. The van der Waals surface area contributed by atoms with Gasteiger partial charge in [0.2, 0.25) is 0 Å². The molecule has 4 N–H and O–H groups in total. The Hall–Kier alpha value is -3.92. The summed E-state index contributed by atoms with van der Waals surface area (Å²) in [4.78, 5) is 40.5. The Kier molecular flexibility index (Phi) is 6.98. The van der Waals surface area contributed by atoms with Gasteiger partial charge in [-0.2, -0.15) is 0 Å². The van der Waals surface area contributed by atoms with Gasteiger partial charge in [-0.3, -0.25) is 15.1 Å². The molecule has 0 aliphatic carbocycles. The van der Waals surface area contributed by atoms with Crippen LogP contribution < -0.4 is 20.7 Å². The minimum Gasteiger partial charge on any atom is -0.478 e. The van der Waals surface area contributed by atoms with Gasteiger partial charge >= 0.3 is 12.0 Å². The van der Waals surface area contributed by atoms with Crippen LogP contribution in [0.15, 0.2) is 48.7 Å². The molecule has 2 aromatic heterocycles. The molecule has 10 heteroatoms. The van der Waals surface area contributed by atoms with Crippen molar-refractivity contribution in [3.63, 3.8) is 0 Å². The van der Waals surface area contributed by atoms with E-state index < -0.39 is 12.0 Å². The van der Waals surface area contributed by atoms with Crippen molar-refractivity contribution in [3.8, 4) is 11.5 Å². The van der Waals surface area contributed by atoms with Crippen LogP contribution in [0.1, 0.15) is 46.5 Å². The van der Waals surface area contributed by atoms with E-state index in [1.165, 1.54) is 30.6 Å². The molecule has 0 bridgehead atoms. The number of hydrogen-bond acceptors (Lipinski definition) is 6. The standard InChI is InChI=1S/C23H24N4O5S/c1-23(2,3)18-12-16(21(29)30)20(33-18)27-22(31)26-13-5-7-14(8-6-13)32-15-9-10-25-17(11-15)19(28)24-4/h5-12H,1-4H3,(H,24,28)(H,29,30)(H2,26,27,31). The zero-order valence-corrected chi connectivity index (χ0v) is 19.4. The Morgan fingerprint density at radius 3 is 2.30 bits per heavy atom. The summed E-state index contributed by atoms with van der Waals surface area (Å²) in [6, 6.07) is 10.8. The molecule has 2 heterocycles. The number of rotatable bonds is 6. The van der Waals surface area contributed by atoms with Crippen molar-refractivity contribution in [1.29, 1.82) is 0 Å². The van der Waals surface area contributed by atoms with E-state index >= 15 is 0 Å². The second-order valence-corrected chi connectivity index (χ2v) is 9.12. The van der Waals surface area contributed by atoms with Gasteiger partial charge in [-0.05, 0) is 41.8 Å². The van der Waals surface area contributed by atoms with Gasteiger partial charge < -0.3 is 20.5 Å². The molecule has 0 aliphatic rings. The highest BCUT2D eigenvalue weighted by Gasteiger charge is 2.23. The summed E-state index contributed by atoms with van der Waals surface area (Å²) in [6.07, 6.45) is 1.47. The van der Waals surface area contributed by atoms with Crippen LogP contribution in [0.3, 0.4) is 0 Å². The number of amides is 3. The molecular formula is C23H24N4O5S. The van der Waals surface area contributed by atoms with Crippen molar-refractivity contribution in [2.45, 2.75) is 26.2 Å². The average Bonchev–Trinajstić information content (AvgIpc) is 3.19. The number of pyridine rings is 1. The summed E-state index contributed by atoms with van der Waals surface area (Å²) in [5.41, 5.74) is 0.535. The van der Waals surface area contributed by atoms with Crippen LogP contribution in [0.2, 0.25) is 0 Å². The van der Waals surface area contributed by atoms with Crippen molar-refractivity contribution >= 4 is 39.9 Å². The number of benzene rings is 1. The van der Waals surface area contributed by atoms with Crippen LogP contribution in [-0.4, -0.2) is 35.0 Å². The summed E-state index contributed by atoms with van der Waals surface area (Å²) in [7, 11) is 1.52. The largest absolute Gasteiger partial charge is 0.478 e. The van der Waals surface area contributed by atoms with Crippen molar-refractivity contribution < 1.29 is 24.2 Å². The van der Waals surface area contributed by atoms with E-state index in [1.807, 2.05) is 20.8 Å². The van der Waals surface area contributed by atoms with Crippen LogP contribution in [0, 0.1) is 0 Å².